The Morgan fingerprint density at radius 3 is 2.37 bits per heavy atom. The van der Waals surface area contributed by atoms with Crippen molar-refractivity contribution in [2.24, 2.45) is 11.8 Å². The number of hydrogen-bond acceptors (Lipinski definition) is 6. The summed E-state index contributed by atoms with van der Waals surface area (Å²) in [5, 5.41) is 0. The molecule has 4 heterocycles. The van der Waals surface area contributed by atoms with E-state index < -0.39 is 10.0 Å². The Morgan fingerprint density at radius 1 is 1.07 bits per heavy atom. The van der Waals surface area contributed by atoms with Crippen LogP contribution in [0.2, 0.25) is 0 Å². The van der Waals surface area contributed by atoms with Crippen LogP contribution in [-0.2, 0) is 15.4 Å². The van der Waals surface area contributed by atoms with Crippen LogP contribution in [0.15, 0.2) is 12.4 Å². The van der Waals surface area contributed by atoms with E-state index in [4.69, 9.17) is 0 Å². The summed E-state index contributed by atoms with van der Waals surface area (Å²) < 4.78 is 25.6. The molecule has 27 heavy (non-hydrogen) atoms. The van der Waals surface area contributed by atoms with Gasteiger partial charge in [0.15, 0.2) is 0 Å². The van der Waals surface area contributed by atoms with Crippen molar-refractivity contribution in [2.75, 3.05) is 56.5 Å². The Kier molecular flexibility index (Phi) is 4.93. The van der Waals surface area contributed by atoms with Crippen molar-refractivity contribution in [1.29, 1.82) is 0 Å². The van der Waals surface area contributed by atoms with E-state index in [1.807, 2.05) is 0 Å². The van der Waals surface area contributed by atoms with Gasteiger partial charge in [0, 0.05) is 57.3 Å². The standard InChI is InChI=1S/C19H31N5O2S/c1-19(2,3)17-9-18(21-14-20-17)23-12-15-10-22(11-16(15)13-23)6-7-24-5-4-8-27(24,25)26/h9,14-16H,4-8,10-13H2,1-3H3. The lowest BCUT2D eigenvalue weighted by molar-refractivity contribution is 0.286. The van der Waals surface area contributed by atoms with E-state index in [9.17, 15) is 8.42 Å². The number of sulfonamides is 1. The summed E-state index contributed by atoms with van der Waals surface area (Å²) >= 11 is 0. The number of fused-ring (bicyclic) bond motifs is 1. The van der Waals surface area contributed by atoms with Crippen LogP contribution in [0.25, 0.3) is 0 Å². The van der Waals surface area contributed by atoms with Crippen molar-refractivity contribution in [1.82, 2.24) is 19.2 Å². The van der Waals surface area contributed by atoms with E-state index in [2.05, 4.69) is 46.6 Å². The van der Waals surface area contributed by atoms with Crippen molar-refractivity contribution < 1.29 is 8.42 Å². The highest BCUT2D eigenvalue weighted by Crippen LogP contribution is 2.34. The van der Waals surface area contributed by atoms with E-state index in [0.717, 1.165) is 50.7 Å². The first-order valence-electron chi connectivity index (χ1n) is 10.00. The van der Waals surface area contributed by atoms with E-state index in [-0.39, 0.29) is 5.41 Å². The molecule has 8 heteroatoms. The van der Waals surface area contributed by atoms with Crippen molar-refractivity contribution in [2.45, 2.75) is 32.6 Å². The average Bonchev–Trinajstić information content (AvgIpc) is 3.24. The molecule has 0 aliphatic carbocycles. The Labute approximate surface area is 162 Å². The predicted molar refractivity (Wildman–Crippen MR) is 106 cm³/mol. The SMILES string of the molecule is CC(C)(C)c1cc(N2CC3CN(CCN4CCCS4(=O)=O)CC3C2)ncn1. The van der Waals surface area contributed by atoms with Gasteiger partial charge in [-0.2, -0.15) is 0 Å². The number of rotatable bonds is 4. The largest absolute Gasteiger partial charge is 0.356 e. The molecule has 7 nitrogen and oxygen atoms in total. The normalized spacial score (nSPS) is 28.8. The minimum Gasteiger partial charge on any atom is -0.356 e. The molecule has 3 aliphatic heterocycles. The number of likely N-dealkylation sites (tertiary alicyclic amines) is 1. The average molecular weight is 394 g/mol. The number of nitrogens with zero attached hydrogens (tertiary/aromatic N) is 5. The van der Waals surface area contributed by atoms with Gasteiger partial charge in [0.2, 0.25) is 10.0 Å². The van der Waals surface area contributed by atoms with Crippen LogP contribution < -0.4 is 4.90 Å². The molecule has 0 N–H and O–H groups in total. The zero-order chi connectivity index (χ0) is 19.2. The summed E-state index contributed by atoms with van der Waals surface area (Å²) in [5.41, 5.74) is 1.11. The molecule has 0 bridgehead atoms. The van der Waals surface area contributed by atoms with Crippen LogP contribution >= 0.6 is 0 Å². The third-order valence-electron chi connectivity index (χ3n) is 6.18. The van der Waals surface area contributed by atoms with E-state index in [1.165, 1.54) is 0 Å². The van der Waals surface area contributed by atoms with E-state index >= 15 is 0 Å². The highest BCUT2D eigenvalue weighted by molar-refractivity contribution is 7.89. The summed E-state index contributed by atoms with van der Waals surface area (Å²) in [7, 11) is -2.97. The minimum atomic E-state index is -2.97. The fourth-order valence-electron chi connectivity index (χ4n) is 4.59. The van der Waals surface area contributed by atoms with Gasteiger partial charge >= 0.3 is 0 Å². The molecular weight excluding hydrogens is 362 g/mol. The molecule has 0 spiro atoms. The van der Waals surface area contributed by atoms with Gasteiger partial charge in [-0.05, 0) is 18.3 Å². The molecule has 2 atom stereocenters. The van der Waals surface area contributed by atoms with Crippen LogP contribution in [0.3, 0.4) is 0 Å². The van der Waals surface area contributed by atoms with Gasteiger partial charge in [0.1, 0.15) is 12.1 Å². The molecule has 3 saturated heterocycles. The summed E-state index contributed by atoms with van der Waals surface area (Å²) in [6, 6.07) is 2.14. The molecule has 3 fully saturated rings. The molecule has 4 rings (SSSR count). The number of aromatic nitrogens is 2. The molecule has 2 unspecified atom stereocenters. The molecular formula is C19H31N5O2S. The minimum absolute atomic E-state index is 0.0278. The second kappa shape index (κ2) is 6.97. The van der Waals surface area contributed by atoms with Crippen LogP contribution in [0.1, 0.15) is 32.9 Å². The van der Waals surface area contributed by atoms with Gasteiger partial charge in [-0.15, -0.1) is 0 Å². The van der Waals surface area contributed by atoms with Gasteiger partial charge in [-0.3, -0.25) is 0 Å². The maximum absolute atomic E-state index is 11.9. The zero-order valence-electron chi connectivity index (χ0n) is 16.6. The first-order chi connectivity index (χ1) is 12.7. The molecule has 3 aliphatic rings. The molecule has 0 radical (unpaired) electrons. The van der Waals surface area contributed by atoms with Crippen molar-refractivity contribution >= 4 is 15.8 Å². The zero-order valence-corrected chi connectivity index (χ0v) is 17.5. The predicted octanol–water partition coefficient (Wildman–Crippen LogP) is 1.18. The maximum atomic E-state index is 11.9. The van der Waals surface area contributed by atoms with Crippen molar-refractivity contribution in [3.63, 3.8) is 0 Å². The molecule has 150 valence electrons. The van der Waals surface area contributed by atoms with Crippen LogP contribution in [0.5, 0.6) is 0 Å². The lowest BCUT2D eigenvalue weighted by Crippen LogP contribution is -2.37. The fraction of sp³-hybridized carbons (Fsp3) is 0.789. The topological polar surface area (TPSA) is 69.6 Å². The fourth-order valence-corrected chi connectivity index (χ4v) is 6.10. The highest BCUT2D eigenvalue weighted by atomic mass is 32.2. The van der Waals surface area contributed by atoms with Crippen molar-refractivity contribution in [3.05, 3.63) is 18.1 Å². The van der Waals surface area contributed by atoms with Crippen LogP contribution in [-0.4, -0.2) is 79.2 Å². The van der Waals surface area contributed by atoms with E-state index in [0.29, 0.717) is 30.7 Å². The summed E-state index contributed by atoms with van der Waals surface area (Å²) in [4.78, 5) is 13.8. The Hall–Kier alpha value is -1.25. The molecule has 0 amide bonds. The third-order valence-corrected chi connectivity index (χ3v) is 8.13. The first kappa shape index (κ1) is 19.1. The van der Waals surface area contributed by atoms with Crippen LogP contribution in [0.4, 0.5) is 5.82 Å². The molecule has 0 aromatic carbocycles. The monoisotopic (exact) mass is 393 g/mol. The number of anilines is 1. The van der Waals surface area contributed by atoms with Gasteiger partial charge in [-0.25, -0.2) is 22.7 Å². The Balaban J connectivity index is 1.32. The Bertz CT molecular complexity index is 778. The van der Waals surface area contributed by atoms with Crippen molar-refractivity contribution in [3.8, 4) is 0 Å². The van der Waals surface area contributed by atoms with E-state index in [1.54, 1.807) is 10.6 Å². The molecule has 1 aromatic rings. The second-order valence-corrected chi connectivity index (χ2v) is 11.4. The second-order valence-electron chi connectivity index (χ2n) is 9.26. The van der Waals surface area contributed by atoms with Gasteiger partial charge in [0.25, 0.3) is 0 Å². The third kappa shape index (κ3) is 3.98. The first-order valence-corrected chi connectivity index (χ1v) is 11.6. The molecule has 1 aromatic heterocycles. The lowest BCUT2D eigenvalue weighted by Gasteiger charge is -2.25. The van der Waals surface area contributed by atoms with Gasteiger partial charge in [0.05, 0.1) is 11.4 Å². The van der Waals surface area contributed by atoms with Crippen LogP contribution in [0, 0.1) is 11.8 Å². The smallest absolute Gasteiger partial charge is 0.214 e. The summed E-state index contributed by atoms with van der Waals surface area (Å²) in [6.07, 6.45) is 2.46. The van der Waals surface area contributed by atoms with Gasteiger partial charge in [-0.1, -0.05) is 20.8 Å². The quantitative estimate of drug-likeness (QED) is 0.765. The summed E-state index contributed by atoms with van der Waals surface area (Å²) in [6.45, 7) is 12.9. The lowest BCUT2D eigenvalue weighted by atomic mass is 9.92. The highest BCUT2D eigenvalue weighted by Gasteiger charge is 2.41. The Morgan fingerprint density at radius 2 is 1.78 bits per heavy atom. The number of hydrogen-bond donors (Lipinski definition) is 0. The summed E-state index contributed by atoms with van der Waals surface area (Å²) in [5.74, 6) is 2.66. The van der Waals surface area contributed by atoms with Gasteiger partial charge < -0.3 is 9.80 Å². The molecule has 0 saturated carbocycles. The maximum Gasteiger partial charge on any atom is 0.214 e.